The molecule has 0 heterocycles. The van der Waals surface area contributed by atoms with Gasteiger partial charge in [-0.3, -0.25) is 9.10 Å². The standard InChI is InChI=1S/C18H20F2N2O3S/c1-12-5-4-6-13(2)18(12)22(26(3,24)25)10-9-17(23)21-14-7-8-15(19)16(20)11-14/h4-8,11H,9-10H2,1-3H3,(H,21,23). The number of amides is 1. The zero-order valence-corrected chi connectivity index (χ0v) is 15.5. The third-order valence-electron chi connectivity index (χ3n) is 3.83. The van der Waals surface area contributed by atoms with Crippen LogP contribution in [0.5, 0.6) is 0 Å². The van der Waals surface area contributed by atoms with E-state index in [4.69, 9.17) is 0 Å². The second-order valence-electron chi connectivity index (χ2n) is 6.00. The number of hydrogen-bond donors (Lipinski definition) is 1. The topological polar surface area (TPSA) is 66.5 Å². The third kappa shape index (κ3) is 4.78. The number of carbonyl (C=O) groups is 1. The number of anilines is 2. The fourth-order valence-corrected chi connectivity index (χ4v) is 3.69. The number of nitrogens with zero attached hydrogens (tertiary/aromatic N) is 1. The first-order chi connectivity index (χ1) is 12.1. The lowest BCUT2D eigenvalue weighted by Crippen LogP contribution is -2.34. The van der Waals surface area contributed by atoms with Crippen LogP contribution >= 0.6 is 0 Å². The summed E-state index contributed by atoms with van der Waals surface area (Å²) in [5.41, 5.74) is 2.19. The molecular formula is C18H20F2N2O3S. The van der Waals surface area contributed by atoms with E-state index in [9.17, 15) is 22.0 Å². The van der Waals surface area contributed by atoms with E-state index in [1.807, 2.05) is 6.07 Å². The van der Waals surface area contributed by atoms with Crippen molar-refractivity contribution in [3.05, 3.63) is 59.2 Å². The first-order valence-corrected chi connectivity index (χ1v) is 9.73. The number of hydrogen-bond acceptors (Lipinski definition) is 3. The maximum absolute atomic E-state index is 13.2. The van der Waals surface area contributed by atoms with E-state index in [1.165, 1.54) is 10.4 Å². The van der Waals surface area contributed by atoms with Gasteiger partial charge in [-0.2, -0.15) is 0 Å². The van der Waals surface area contributed by atoms with Crippen molar-refractivity contribution in [1.82, 2.24) is 0 Å². The summed E-state index contributed by atoms with van der Waals surface area (Å²) in [7, 11) is -3.60. The van der Waals surface area contributed by atoms with Crippen LogP contribution in [-0.2, 0) is 14.8 Å². The van der Waals surface area contributed by atoms with E-state index in [0.29, 0.717) is 5.69 Å². The van der Waals surface area contributed by atoms with Gasteiger partial charge >= 0.3 is 0 Å². The zero-order valence-electron chi connectivity index (χ0n) is 14.7. The summed E-state index contributed by atoms with van der Waals surface area (Å²) >= 11 is 0. The predicted molar refractivity (Wildman–Crippen MR) is 97.7 cm³/mol. The number of nitrogens with one attached hydrogen (secondary N) is 1. The Kier molecular flexibility index (Phi) is 5.97. The number of rotatable bonds is 6. The number of benzene rings is 2. The van der Waals surface area contributed by atoms with E-state index < -0.39 is 27.6 Å². The fraction of sp³-hybridized carbons (Fsp3) is 0.278. The van der Waals surface area contributed by atoms with Crippen molar-refractivity contribution in [3.63, 3.8) is 0 Å². The van der Waals surface area contributed by atoms with Crippen LogP contribution in [0.15, 0.2) is 36.4 Å². The van der Waals surface area contributed by atoms with Gasteiger partial charge in [-0.05, 0) is 37.1 Å². The molecule has 0 radical (unpaired) electrons. The molecule has 0 bridgehead atoms. The Hall–Kier alpha value is -2.48. The molecule has 0 saturated carbocycles. The van der Waals surface area contributed by atoms with Gasteiger partial charge in [0.15, 0.2) is 11.6 Å². The fourth-order valence-electron chi connectivity index (χ4n) is 2.64. The normalized spacial score (nSPS) is 11.3. The highest BCUT2D eigenvalue weighted by Crippen LogP contribution is 2.27. The van der Waals surface area contributed by atoms with Gasteiger partial charge in [-0.25, -0.2) is 17.2 Å². The minimum Gasteiger partial charge on any atom is -0.326 e. The molecule has 2 aromatic rings. The average molecular weight is 382 g/mol. The molecule has 0 saturated heterocycles. The van der Waals surface area contributed by atoms with Gasteiger partial charge in [0.2, 0.25) is 15.9 Å². The van der Waals surface area contributed by atoms with E-state index in [0.717, 1.165) is 29.5 Å². The van der Waals surface area contributed by atoms with Crippen molar-refractivity contribution in [1.29, 1.82) is 0 Å². The Morgan fingerprint density at radius 1 is 1.08 bits per heavy atom. The van der Waals surface area contributed by atoms with Crippen LogP contribution < -0.4 is 9.62 Å². The molecule has 0 atom stereocenters. The van der Waals surface area contributed by atoms with Gasteiger partial charge in [0.25, 0.3) is 0 Å². The molecule has 0 aliphatic rings. The lowest BCUT2D eigenvalue weighted by molar-refractivity contribution is -0.116. The van der Waals surface area contributed by atoms with Gasteiger partial charge in [0.05, 0.1) is 11.9 Å². The predicted octanol–water partition coefficient (Wildman–Crippen LogP) is 3.38. The molecule has 140 valence electrons. The smallest absolute Gasteiger partial charge is 0.232 e. The van der Waals surface area contributed by atoms with Crippen LogP contribution in [0, 0.1) is 25.5 Å². The molecule has 0 unspecified atom stereocenters. The number of para-hydroxylation sites is 1. The lowest BCUT2D eigenvalue weighted by atomic mass is 10.1. The zero-order chi connectivity index (χ0) is 19.5. The average Bonchev–Trinajstić information content (AvgIpc) is 2.52. The number of aryl methyl sites for hydroxylation is 2. The summed E-state index contributed by atoms with van der Waals surface area (Å²) in [6.07, 6.45) is 0.936. The van der Waals surface area contributed by atoms with Gasteiger partial charge < -0.3 is 5.32 Å². The van der Waals surface area contributed by atoms with E-state index in [-0.39, 0.29) is 18.7 Å². The Labute approximate surface area is 151 Å². The SMILES string of the molecule is Cc1cccc(C)c1N(CCC(=O)Nc1ccc(F)c(F)c1)S(C)(=O)=O. The Balaban J connectivity index is 2.15. The van der Waals surface area contributed by atoms with Gasteiger partial charge in [0, 0.05) is 24.7 Å². The van der Waals surface area contributed by atoms with Crippen LogP contribution in [-0.4, -0.2) is 27.1 Å². The minimum atomic E-state index is -3.60. The first-order valence-electron chi connectivity index (χ1n) is 7.88. The number of halogens is 2. The van der Waals surface area contributed by atoms with Gasteiger partial charge in [-0.1, -0.05) is 18.2 Å². The van der Waals surface area contributed by atoms with Crippen LogP contribution in [0.2, 0.25) is 0 Å². The van der Waals surface area contributed by atoms with Crippen molar-refractivity contribution in [2.75, 3.05) is 22.4 Å². The van der Waals surface area contributed by atoms with E-state index >= 15 is 0 Å². The highest BCUT2D eigenvalue weighted by atomic mass is 32.2. The van der Waals surface area contributed by atoms with Crippen LogP contribution in [0.4, 0.5) is 20.2 Å². The van der Waals surface area contributed by atoms with Crippen molar-refractivity contribution in [3.8, 4) is 0 Å². The summed E-state index contributed by atoms with van der Waals surface area (Å²) in [5, 5.41) is 2.43. The second-order valence-corrected chi connectivity index (χ2v) is 7.91. The largest absolute Gasteiger partial charge is 0.326 e. The summed E-state index contributed by atoms with van der Waals surface area (Å²) < 4.78 is 51.7. The molecule has 2 aromatic carbocycles. The third-order valence-corrected chi connectivity index (χ3v) is 5.00. The molecule has 0 fully saturated rings. The summed E-state index contributed by atoms with van der Waals surface area (Å²) in [6.45, 7) is 3.52. The van der Waals surface area contributed by atoms with Crippen molar-refractivity contribution >= 4 is 27.3 Å². The first kappa shape index (κ1) is 19.8. The molecule has 1 N–H and O–H groups in total. The number of sulfonamides is 1. The Bertz CT molecular complexity index is 910. The van der Waals surface area contributed by atoms with Crippen LogP contribution in [0.25, 0.3) is 0 Å². The Morgan fingerprint density at radius 2 is 1.69 bits per heavy atom. The molecule has 2 rings (SSSR count). The Morgan fingerprint density at radius 3 is 2.23 bits per heavy atom. The van der Waals surface area contributed by atoms with Crippen molar-refractivity contribution in [2.45, 2.75) is 20.3 Å². The maximum Gasteiger partial charge on any atom is 0.232 e. The summed E-state index contributed by atoms with van der Waals surface area (Å²) in [4.78, 5) is 12.1. The molecule has 0 aliphatic carbocycles. The van der Waals surface area contributed by atoms with E-state index in [1.54, 1.807) is 26.0 Å². The highest BCUT2D eigenvalue weighted by Gasteiger charge is 2.22. The molecule has 26 heavy (non-hydrogen) atoms. The summed E-state index contributed by atoms with van der Waals surface area (Å²) in [5.74, 6) is -2.59. The van der Waals surface area contributed by atoms with E-state index in [2.05, 4.69) is 5.32 Å². The molecule has 8 heteroatoms. The molecule has 0 aromatic heterocycles. The number of carbonyl (C=O) groups excluding carboxylic acids is 1. The molecule has 0 spiro atoms. The second kappa shape index (κ2) is 7.82. The molecule has 1 amide bonds. The minimum absolute atomic E-state index is 0.0694. The van der Waals surface area contributed by atoms with Crippen LogP contribution in [0.1, 0.15) is 17.5 Å². The molecule has 0 aliphatic heterocycles. The van der Waals surface area contributed by atoms with Crippen molar-refractivity contribution in [2.24, 2.45) is 0 Å². The monoisotopic (exact) mass is 382 g/mol. The maximum atomic E-state index is 13.2. The summed E-state index contributed by atoms with van der Waals surface area (Å²) in [6, 6.07) is 8.42. The van der Waals surface area contributed by atoms with Crippen LogP contribution in [0.3, 0.4) is 0 Å². The van der Waals surface area contributed by atoms with Crippen molar-refractivity contribution < 1.29 is 22.0 Å². The lowest BCUT2D eigenvalue weighted by Gasteiger charge is -2.25. The molecule has 5 nitrogen and oxygen atoms in total. The molecular weight excluding hydrogens is 362 g/mol. The quantitative estimate of drug-likeness (QED) is 0.833. The van der Waals surface area contributed by atoms with Gasteiger partial charge in [-0.15, -0.1) is 0 Å². The van der Waals surface area contributed by atoms with Gasteiger partial charge in [0.1, 0.15) is 0 Å². The highest BCUT2D eigenvalue weighted by molar-refractivity contribution is 7.92.